The Morgan fingerprint density at radius 2 is 1.96 bits per heavy atom. The molecule has 0 unspecified atom stereocenters. The Labute approximate surface area is 169 Å². The molecule has 3 aromatic rings. The summed E-state index contributed by atoms with van der Waals surface area (Å²) in [6.45, 7) is 4.15. The maximum Gasteiger partial charge on any atom is 0.226 e. The van der Waals surface area contributed by atoms with Crippen LogP contribution < -0.4 is 10.6 Å². The van der Waals surface area contributed by atoms with Crippen LogP contribution in [0.25, 0.3) is 20.8 Å². The molecule has 0 aliphatic rings. The number of nitrogens with zero attached hydrogens (tertiary/aromatic N) is 1. The van der Waals surface area contributed by atoms with Crippen LogP contribution in [0.4, 0.5) is 5.69 Å². The van der Waals surface area contributed by atoms with Gasteiger partial charge >= 0.3 is 0 Å². The summed E-state index contributed by atoms with van der Waals surface area (Å²) in [5, 5.41) is 7.23. The minimum absolute atomic E-state index is 0.0408. The van der Waals surface area contributed by atoms with Gasteiger partial charge in [0.25, 0.3) is 0 Å². The monoisotopic (exact) mass is 397 g/mol. The molecule has 0 aliphatic carbocycles. The molecule has 0 fully saturated rings. The van der Waals surface area contributed by atoms with E-state index in [-0.39, 0.29) is 5.91 Å². The average molecular weight is 398 g/mol. The summed E-state index contributed by atoms with van der Waals surface area (Å²) >= 11 is 6.98. The Hall–Kier alpha value is -2.31. The summed E-state index contributed by atoms with van der Waals surface area (Å²) in [5.41, 5.74) is 4.01. The van der Waals surface area contributed by atoms with Gasteiger partial charge < -0.3 is 10.6 Å². The van der Waals surface area contributed by atoms with E-state index in [1.807, 2.05) is 37.3 Å². The lowest BCUT2D eigenvalue weighted by atomic mass is 10.1. The Morgan fingerprint density at radius 1 is 1.15 bits per heavy atom. The van der Waals surface area contributed by atoms with Gasteiger partial charge in [-0.2, -0.15) is 0 Å². The second-order valence-electron chi connectivity index (χ2n) is 6.42. The van der Waals surface area contributed by atoms with Crippen LogP contribution in [0.1, 0.15) is 38.2 Å². The number of anilines is 1. The molecule has 6 heteroatoms. The van der Waals surface area contributed by atoms with E-state index in [1.54, 1.807) is 11.3 Å². The zero-order chi connectivity index (χ0) is 19.2. The van der Waals surface area contributed by atoms with Gasteiger partial charge in [-0.3, -0.25) is 4.79 Å². The first-order valence-corrected chi connectivity index (χ1v) is 10.4. The number of fused-ring (bicyclic) bond motifs is 1. The number of carbonyl (C=O) groups excluding carboxylic acids is 1. The average Bonchev–Trinajstić information content (AvgIpc) is 3.07. The highest BCUT2D eigenvalue weighted by Crippen LogP contribution is 2.34. The quantitative estimate of drug-likeness (QED) is 0.416. The minimum atomic E-state index is -0.0408. The van der Waals surface area contributed by atoms with Crippen LogP contribution in [0.15, 0.2) is 42.5 Å². The first-order valence-electron chi connectivity index (χ1n) is 9.15. The molecule has 2 aromatic carbocycles. The number of rotatable bonds is 6. The first-order chi connectivity index (χ1) is 13.1. The smallest absolute Gasteiger partial charge is 0.226 e. The van der Waals surface area contributed by atoms with Crippen molar-refractivity contribution in [1.82, 2.24) is 10.3 Å². The fraction of sp³-hybridized carbons (Fsp3) is 0.286. The molecule has 2 N–H and O–H groups in total. The van der Waals surface area contributed by atoms with Gasteiger partial charge in [0.15, 0.2) is 5.11 Å². The van der Waals surface area contributed by atoms with Crippen molar-refractivity contribution in [2.75, 3.05) is 5.32 Å². The first kappa shape index (κ1) is 19.5. The molecule has 0 aliphatic heterocycles. The van der Waals surface area contributed by atoms with Gasteiger partial charge in [0.1, 0.15) is 5.01 Å². The number of aromatic nitrogens is 1. The van der Waals surface area contributed by atoms with E-state index in [2.05, 4.69) is 29.7 Å². The van der Waals surface area contributed by atoms with Gasteiger partial charge in [-0.05, 0) is 49.3 Å². The van der Waals surface area contributed by atoms with Gasteiger partial charge in [-0.1, -0.05) is 44.0 Å². The highest BCUT2D eigenvalue weighted by molar-refractivity contribution is 7.80. The number of thiazole rings is 1. The number of amides is 1. The Balaban J connectivity index is 1.73. The standard InChI is InChI=1S/C21H23N3OS2/c1-3-4-5-13-19(25)24-21(26)23-16-11-8-9-15(14(16)2)20-22-17-10-6-7-12-18(17)27-20/h6-12H,3-5,13H2,1-2H3,(H2,23,24,25,26). The Bertz CT molecular complexity index is 932. The van der Waals surface area contributed by atoms with Crippen molar-refractivity contribution in [2.45, 2.75) is 39.5 Å². The maximum absolute atomic E-state index is 11.9. The second-order valence-corrected chi connectivity index (χ2v) is 7.86. The molecule has 4 nitrogen and oxygen atoms in total. The molecule has 27 heavy (non-hydrogen) atoms. The zero-order valence-electron chi connectivity index (χ0n) is 15.5. The molecule has 1 aromatic heterocycles. The largest absolute Gasteiger partial charge is 0.332 e. The van der Waals surface area contributed by atoms with Crippen molar-refractivity contribution < 1.29 is 4.79 Å². The third kappa shape index (κ3) is 4.90. The van der Waals surface area contributed by atoms with Crippen molar-refractivity contribution in [1.29, 1.82) is 0 Å². The lowest BCUT2D eigenvalue weighted by Crippen LogP contribution is -2.34. The Morgan fingerprint density at radius 3 is 2.74 bits per heavy atom. The lowest BCUT2D eigenvalue weighted by molar-refractivity contribution is -0.119. The normalized spacial score (nSPS) is 10.7. The number of benzene rings is 2. The van der Waals surface area contributed by atoms with Crippen LogP contribution >= 0.6 is 23.6 Å². The summed E-state index contributed by atoms with van der Waals surface area (Å²) in [7, 11) is 0. The van der Waals surface area contributed by atoms with Crippen LogP contribution in [0.3, 0.4) is 0 Å². The van der Waals surface area contributed by atoms with E-state index >= 15 is 0 Å². The SMILES string of the molecule is CCCCCC(=O)NC(=S)Nc1cccc(-c2nc3ccccc3s2)c1C. The summed E-state index contributed by atoms with van der Waals surface area (Å²) in [5.74, 6) is -0.0408. The predicted octanol–water partition coefficient (Wildman–Crippen LogP) is 5.67. The van der Waals surface area contributed by atoms with Crippen LogP contribution in [-0.2, 0) is 4.79 Å². The zero-order valence-corrected chi connectivity index (χ0v) is 17.2. The van der Waals surface area contributed by atoms with Crippen molar-refractivity contribution in [3.05, 3.63) is 48.0 Å². The number of thiocarbonyl (C=S) groups is 1. The summed E-state index contributed by atoms with van der Waals surface area (Å²) < 4.78 is 1.17. The number of para-hydroxylation sites is 1. The highest BCUT2D eigenvalue weighted by Gasteiger charge is 2.12. The van der Waals surface area contributed by atoms with E-state index in [4.69, 9.17) is 17.2 Å². The Kier molecular flexibility index (Phi) is 6.53. The number of hydrogen-bond donors (Lipinski definition) is 2. The molecule has 3 rings (SSSR count). The molecule has 140 valence electrons. The number of carbonyl (C=O) groups is 1. The molecule has 0 radical (unpaired) electrons. The van der Waals surface area contributed by atoms with Crippen molar-refractivity contribution in [3.8, 4) is 10.6 Å². The molecule has 0 saturated carbocycles. The summed E-state index contributed by atoms with van der Waals surface area (Å²) in [6.07, 6.45) is 3.53. The predicted molar refractivity (Wildman–Crippen MR) is 118 cm³/mol. The van der Waals surface area contributed by atoms with E-state index < -0.39 is 0 Å². The summed E-state index contributed by atoms with van der Waals surface area (Å²) in [6, 6.07) is 14.1. The summed E-state index contributed by atoms with van der Waals surface area (Å²) in [4.78, 5) is 16.7. The van der Waals surface area contributed by atoms with Gasteiger partial charge in [0.05, 0.1) is 10.2 Å². The molecular formula is C21H23N3OS2. The highest BCUT2D eigenvalue weighted by atomic mass is 32.1. The van der Waals surface area contributed by atoms with Crippen molar-refractivity contribution >= 4 is 50.5 Å². The lowest BCUT2D eigenvalue weighted by Gasteiger charge is -2.13. The third-order valence-corrected chi connectivity index (χ3v) is 5.64. The number of hydrogen-bond acceptors (Lipinski definition) is 4. The van der Waals surface area contributed by atoms with E-state index in [9.17, 15) is 4.79 Å². The molecule has 0 bridgehead atoms. The van der Waals surface area contributed by atoms with Gasteiger partial charge in [0.2, 0.25) is 5.91 Å². The van der Waals surface area contributed by atoms with Crippen molar-refractivity contribution in [3.63, 3.8) is 0 Å². The fourth-order valence-corrected chi connectivity index (χ4v) is 4.14. The van der Waals surface area contributed by atoms with E-state index in [0.29, 0.717) is 11.5 Å². The third-order valence-electron chi connectivity index (χ3n) is 4.37. The van der Waals surface area contributed by atoms with Crippen molar-refractivity contribution in [2.24, 2.45) is 0 Å². The van der Waals surface area contributed by atoms with Crippen LogP contribution in [0.5, 0.6) is 0 Å². The van der Waals surface area contributed by atoms with Crippen LogP contribution in [-0.4, -0.2) is 16.0 Å². The van der Waals surface area contributed by atoms with Gasteiger partial charge in [-0.25, -0.2) is 4.98 Å². The van der Waals surface area contributed by atoms with E-state index in [1.165, 1.54) is 4.70 Å². The molecular weight excluding hydrogens is 374 g/mol. The number of nitrogens with one attached hydrogen (secondary N) is 2. The minimum Gasteiger partial charge on any atom is -0.332 e. The fourth-order valence-electron chi connectivity index (χ4n) is 2.87. The topological polar surface area (TPSA) is 54.0 Å². The molecule has 0 atom stereocenters. The maximum atomic E-state index is 11.9. The van der Waals surface area contributed by atoms with Gasteiger partial charge in [-0.15, -0.1) is 11.3 Å². The number of unbranched alkanes of at least 4 members (excludes halogenated alkanes) is 2. The molecule has 0 saturated heterocycles. The van der Waals surface area contributed by atoms with Crippen LogP contribution in [0.2, 0.25) is 0 Å². The molecule has 0 spiro atoms. The molecule has 1 heterocycles. The molecule has 1 amide bonds. The second kappa shape index (κ2) is 9.06. The van der Waals surface area contributed by atoms with Crippen LogP contribution in [0, 0.1) is 6.92 Å². The van der Waals surface area contributed by atoms with Gasteiger partial charge in [0, 0.05) is 17.7 Å². The van der Waals surface area contributed by atoms with E-state index in [0.717, 1.165) is 46.6 Å².